The van der Waals surface area contributed by atoms with Crippen LogP contribution in [0, 0.1) is 0 Å². The Kier molecular flexibility index (Phi) is 7.80. The van der Waals surface area contributed by atoms with Gasteiger partial charge in [-0.3, -0.25) is 10.2 Å². The minimum absolute atomic E-state index is 0.562. The van der Waals surface area contributed by atoms with Crippen molar-refractivity contribution in [3.8, 4) is 0 Å². The van der Waals surface area contributed by atoms with E-state index in [0.29, 0.717) is 23.1 Å². The van der Waals surface area contributed by atoms with Gasteiger partial charge in [0, 0.05) is 31.1 Å². The monoisotopic (exact) mass is 336 g/mol. The summed E-state index contributed by atoms with van der Waals surface area (Å²) in [5, 5.41) is 11.4. The molecule has 0 saturated carbocycles. The van der Waals surface area contributed by atoms with Crippen LogP contribution in [0.2, 0.25) is 0 Å². The van der Waals surface area contributed by atoms with E-state index >= 15 is 0 Å². The summed E-state index contributed by atoms with van der Waals surface area (Å²) in [7, 11) is 10.6. The van der Waals surface area contributed by atoms with Gasteiger partial charge in [-0.15, -0.1) is 0 Å². The zero-order chi connectivity index (χ0) is 16.2. The van der Waals surface area contributed by atoms with Gasteiger partial charge in [-0.2, -0.15) is 0 Å². The molecule has 8 heteroatoms. The highest BCUT2D eigenvalue weighted by Gasteiger charge is 2.40. The number of carboxylic acid groups (broad SMARTS) is 1. The first kappa shape index (κ1) is 19.1. The van der Waals surface area contributed by atoms with E-state index in [-0.39, 0.29) is 0 Å². The Morgan fingerprint density at radius 3 is 2.29 bits per heavy atom. The number of aliphatic carboxylic acids is 1. The molecule has 0 aromatic carbocycles. The van der Waals surface area contributed by atoms with Crippen molar-refractivity contribution in [2.45, 2.75) is 43.9 Å². The molecule has 0 radical (unpaired) electrons. The molecule has 2 heterocycles. The highest BCUT2D eigenvalue weighted by Crippen LogP contribution is 2.35. The molecule has 2 saturated heterocycles. The van der Waals surface area contributed by atoms with Crippen LogP contribution < -0.4 is 10.4 Å². The summed E-state index contributed by atoms with van der Waals surface area (Å²) < 4.78 is 0. The van der Waals surface area contributed by atoms with Crippen molar-refractivity contribution in [3.05, 3.63) is 0 Å². The number of nitrogens with zero attached hydrogens (tertiary/aromatic N) is 3. The number of rotatable bonds is 2. The summed E-state index contributed by atoms with van der Waals surface area (Å²) in [6.45, 7) is 8.02. The molecule has 2 N–H and O–H groups in total. The molecule has 124 valence electrons. The Hall–Kier alpha value is 0.01000. The average molecular weight is 337 g/mol. The lowest BCUT2D eigenvalue weighted by Gasteiger charge is -2.43. The van der Waals surface area contributed by atoms with Crippen LogP contribution in [0.4, 0.5) is 0 Å². The Morgan fingerprint density at radius 2 is 1.81 bits per heavy atom. The van der Waals surface area contributed by atoms with E-state index in [2.05, 4.69) is 55.0 Å². The van der Waals surface area contributed by atoms with Crippen LogP contribution >= 0.6 is 21.6 Å². The maximum atomic E-state index is 8.89. The zero-order valence-corrected chi connectivity index (χ0v) is 15.4. The van der Waals surface area contributed by atoms with Gasteiger partial charge >= 0.3 is 0 Å². The number of nitrogens with two attached hydrogens (primary N) is 1. The van der Waals surface area contributed by atoms with E-state index in [1.165, 1.54) is 13.1 Å². The summed E-state index contributed by atoms with van der Waals surface area (Å²) in [5.74, 6) is -1.08. The fourth-order valence-corrected chi connectivity index (χ4v) is 5.67. The molecular weight excluding hydrogens is 308 g/mol. The lowest BCUT2D eigenvalue weighted by molar-refractivity contribution is -0.711. The van der Waals surface area contributed by atoms with Crippen molar-refractivity contribution < 1.29 is 15.2 Å². The van der Waals surface area contributed by atoms with Crippen LogP contribution in [0.1, 0.15) is 20.8 Å². The molecule has 4 atom stereocenters. The molecule has 0 spiro atoms. The summed E-state index contributed by atoms with van der Waals surface area (Å²) in [6, 6.07) is 1.33. The van der Waals surface area contributed by atoms with E-state index < -0.39 is 5.97 Å². The largest absolute Gasteiger partial charge is 0.550 e. The maximum absolute atomic E-state index is 8.89. The minimum atomic E-state index is -1.08. The molecule has 2 aliphatic rings. The molecule has 0 aromatic heterocycles. The fraction of sp³-hybridized carbons (Fsp3) is 0.923. The summed E-state index contributed by atoms with van der Waals surface area (Å²) in [4.78, 5) is 16.3. The van der Waals surface area contributed by atoms with E-state index in [1.54, 1.807) is 0 Å². The SMILES string of the molecule is CC(=O)[O-].CC1CN(C2[NH2+]C(N(C)C)SS2)C(C)CN1C. The third kappa shape index (κ3) is 5.96. The molecular formula is C13H28N4O2S2. The van der Waals surface area contributed by atoms with Crippen molar-refractivity contribution in [2.24, 2.45) is 0 Å². The highest BCUT2D eigenvalue weighted by atomic mass is 33.1. The average Bonchev–Trinajstić information content (AvgIpc) is 2.82. The fourth-order valence-electron chi connectivity index (χ4n) is 2.42. The molecule has 2 rings (SSSR count). The van der Waals surface area contributed by atoms with E-state index in [1.807, 2.05) is 21.6 Å². The first-order chi connectivity index (χ1) is 9.72. The Labute approximate surface area is 136 Å². The minimum Gasteiger partial charge on any atom is -0.550 e. The number of quaternary nitrogens is 1. The number of likely N-dealkylation sites (N-methyl/N-ethyl adjacent to an activating group) is 1. The number of carboxylic acids is 1. The quantitative estimate of drug-likeness (QED) is 0.639. The van der Waals surface area contributed by atoms with Gasteiger partial charge in [-0.25, -0.2) is 4.90 Å². The summed E-state index contributed by atoms with van der Waals surface area (Å²) in [6.07, 6.45) is 0. The van der Waals surface area contributed by atoms with Crippen LogP contribution in [0.25, 0.3) is 0 Å². The molecule has 0 amide bonds. The summed E-state index contributed by atoms with van der Waals surface area (Å²) in [5.41, 5.74) is 1.14. The third-order valence-electron chi connectivity index (χ3n) is 3.76. The van der Waals surface area contributed by atoms with Gasteiger partial charge in [-0.05, 0) is 63.5 Å². The number of hydrogen-bond acceptors (Lipinski definition) is 7. The van der Waals surface area contributed by atoms with Crippen LogP contribution in [-0.4, -0.2) is 78.0 Å². The van der Waals surface area contributed by atoms with Crippen molar-refractivity contribution in [1.82, 2.24) is 14.7 Å². The standard InChI is InChI=1S/C11H24N4S2.C2H4O2/c1-8-7-15(9(2)6-14(8)5)11-12-10(13(3)4)16-17-11;1-2(3)4/h8-12H,6-7H2,1-5H3;1H3,(H,3,4). The van der Waals surface area contributed by atoms with Crippen LogP contribution in [0.3, 0.4) is 0 Å². The van der Waals surface area contributed by atoms with Gasteiger partial charge in [0.1, 0.15) is 0 Å². The molecule has 2 fully saturated rings. The second-order valence-corrected chi connectivity index (χ2v) is 8.46. The Morgan fingerprint density at radius 1 is 1.24 bits per heavy atom. The predicted octanol–water partition coefficient (Wildman–Crippen LogP) is -1.15. The first-order valence-corrected chi connectivity index (χ1v) is 9.47. The number of carbonyl (C=O) groups excluding carboxylic acids is 1. The molecule has 0 aliphatic carbocycles. The number of carbonyl (C=O) groups is 1. The van der Waals surface area contributed by atoms with Gasteiger partial charge in [0.2, 0.25) is 11.0 Å². The van der Waals surface area contributed by atoms with Crippen LogP contribution in [0.15, 0.2) is 0 Å². The van der Waals surface area contributed by atoms with Crippen molar-refractivity contribution in [2.75, 3.05) is 34.2 Å². The zero-order valence-electron chi connectivity index (χ0n) is 13.8. The van der Waals surface area contributed by atoms with Gasteiger partial charge in [-0.1, -0.05) is 0 Å². The van der Waals surface area contributed by atoms with Gasteiger partial charge < -0.3 is 14.8 Å². The molecule has 6 nitrogen and oxygen atoms in total. The Bertz CT molecular complexity index is 342. The van der Waals surface area contributed by atoms with Crippen LogP contribution in [0.5, 0.6) is 0 Å². The van der Waals surface area contributed by atoms with Crippen molar-refractivity contribution in [1.29, 1.82) is 0 Å². The van der Waals surface area contributed by atoms with Crippen molar-refractivity contribution >= 4 is 27.6 Å². The molecule has 0 bridgehead atoms. The van der Waals surface area contributed by atoms with Gasteiger partial charge in [0.15, 0.2) is 0 Å². The normalized spacial score (nSPS) is 34.6. The first-order valence-electron chi connectivity index (χ1n) is 7.19. The predicted molar refractivity (Wildman–Crippen MR) is 87.3 cm³/mol. The highest BCUT2D eigenvalue weighted by molar-refractivity contribution is 8.77. The van der Waals surface area contributed by atoms with E-state index in [9.17, 15) is 0 Å². The van der Waals surface area contributed by atoms with Crippen LogP contribution in [-0.2, 0) is 4.79 Å². The van der Waals surface area contributed by atoms with Gasteiger partial charge in [0.05, 0.1) is 0 Å². The second-order valence-electron chi connectivity index (χ2n) is 5.96. The molecule has 21 heavy (non-hydrogen) atoms. The van der Waals surface area contributed by atoms with E-state index in [0.717, 1.165) is 6.92 Å². The molecule has 0 aromatic rings. The number of hydrogen-bond donors (Lipinski definition) is 1. The number of piperazine rings is 1. The Balaban J connectivity index is 0.000000491. The third-order valence-corrected chi connectivity index (χ3v) is 6.79. The van der Waals surface area contributed by atoms with Gasteiger partial charge in [0.25, 0.3) is 0 Å². The topological polar surface area (TPSA) is 66.5 Å². The lowest BCUT2D eigenvalue weighted by Crippen LogP contribution is -2.96. The van der Waals surface area contributed by atoms with Crippen molar-refractivity contribution in [3.63, 3.8) is 0 Å². The second kappa shape index (κ2) is 8.59. The van der Waals surface area contributed by atoms with E-state index in [4.69, 9.17) is 9.90 Å². The smallest absolute Gasteiger partial charge is 0.203 e. The lowest BCUT2D eigenvalue weighted by atomic mass is 10.1. The maximum Gasteiger partial charge on any atom is 0.203 e. The summed E-state index contributed by atoms with van der Waals surface area (Å²) >= 11 is 0. The molecule has 4 unspecified atom stereocenters. The molecule has 2 aliphatic heterocycles.